The van der Waals surface area contributed by atoms with Gasteiger partial charge in [0, 0.05) is 61.5 Å². The first kappa shape index (κ1) is 62.0. The molecule has 0 rings (SSSR count). The van der Waals surface area contributed by atoms with Crippen LogP contribution in [0.2, 0.25) is 0 Å². The molecule has 0 aromatic carbocycles. The largest absolute Gasteiger partial charge is 0.481 e. The predicted octanol–water partition coefficient (Wildman–Crippen LogP) is 8.56. The second kappa shape index (κ2) is 42.8. The maximum absolute atomic E-state index is 12.3. The van der Waals surface area contributed by atoms with E-state index in [9.17, 15) is 43.5 Å². The Morgan fingerprint density at radius 3 is 1.10 bits per heavy atom. The molecule has 4 atom stereocenters. The summed E-state index contributed by atoms with van der Waals surface area (Å²) in [4.78, 5) is 92.1. The van der Waals surface area contributed by atoms with Crippen LogP contribution in [0.4, 0.5) is 0 Å². The molecule has 0 amide bonds. The minimum Gasteiger partial charge on any atom is -0.481 e. The maximum Gasteiger partial charge on any atom is 0.323 e. The molecule has 0 heterocycles. The Kier molecular flexibility index (Phi) is 42.8. The fraction of sp³-hybridized carbons (Fsp3) is 0.818. The van der Waals surface area contributed by atoms with Crippen LogP contribution in [0.1, 0.15) is 155 Å². The topological polar surface area (TPSA) is 220 Å². The summed E-state index contributed by atoms with van der Waals surface area (Å²) in [6.45, 7) is 3.26. The summed E-state index contributed by atoms with van der Waals surface area (Å²) in [5, 5.41) is 23.9. The normalized spacial score (nSPS) is 12.9. The molecule has 0 aliphatic heterocycles. The number of carbonyl (C=O) groups is 8. The number of ketones is 4. The third kappa shape index (κ3) is 38.3. The Hall–Kier alpha value is -2.12. The monoisotopic (exact) mass is 954 g/mol. The van der Waals surface area contributed by atoms with Crippen molar-refractivity contribution in [3.63, 3.8) is 0 Å². The Bertz CT molecular complexity index is 1280. The van der Waals surface area contributed by atoms with Gasteiger partial charge in [-0.05, 0) is 53.6 Å². The molecule has 360 valence electrons. The van der Waals surface area contributed by atoms with Crippen LogP contribution in [-0.2, 0) is 47.8 Å². The fourth-order valence-corrected chi connectivity index (χ4v) is 11.1. The molecule has 0 fully saturated rings. The van der Waals surface area contributed by atoms with Gasteiger partial charge in [0.1, 0.15) is 35.2 Å². The molecule has 0 aliphatic carbocycles. The molecule has 0 saturated carbocycles. The lowest BCUT2D eigenvalue weighted by molar-refractivity contribution is -0.146. The molecule has 0 aliphatic rings. The van der Waals surface area contributed by atoms with Gasteiger partial charge in [-0.2, -0.15) is 0 Å². The summed E-state index contributed by atoms with van der Waals surface area (Å²) in [7, 11) is 11.5. The summed E-state index contributed by atoms with van der Waals surface area (Å²) in [6, 6.07) is -1.08. The van der Waals surface area contributed by atoms with Crippen LogP contribution in [0.25, 0.3) is 0 Å². The average Bonchev–Trinajstić information content (AvgIpc) is 3.23. The highest BCUT2D eigenvalue weighted by Gasteiger charge is 2.24. The van der Waals surface area contributed by atoms with Gasteiger partial charge in [-0.3, -0.25) is 28.8 Å². The van der Waals surface area contributed by atoms with Gasteiger partial charge >= 0.3 is 23.9 Å². The summed E-state index contributed by atoms with van der Waals surface area (Å²) in [6.07, 6.45) is 19.4. The zero-order valence-corrected chi connectivity index (χ0v) is 41.6. The summed E-state index contributed by atoms with van der Waals surface area (Å²) >= 11 is 0. The number of ether oxygens (including phenoxy) is 2. The maximum atomic E-state index is 12.3. The summed E-state index contributed by atoms with van der Waals surface area (Å²) < 4.78 is 9.59. The van der Waals surface area contributed by atoms with Gasteiger partial charge < -0.3 is 39.9 Å². The number of methoxy groups -OCH3 is 2. The molecular formula is C44H78N2O12S4. The van der Waals surface area contributed by atoms with Gasteiger partial charge in [0.05, 0.1) is 26.1 Å². The van der Waals surface area contributed by atoms with Crippen LogP contribution in [-0.4, -0.2) is 121 Å². The van der Waals surface area contributed by atoms with Crippen molar-refractivity contribution in [3.05, 3.63) is 0 Å². The first-order valence-corrected chi connectivity index (χ1v) is 27.1. The van der Waals surface area contributed by atoms with Crippen molar-refractivity contribution >= 4 is 90.2 Å². The Morgan fingerprint density at radius 1 is 0.435 bits per heavy atom. The van der Waals surface area contributed by atoms with Gasteiger partial charge in [0.25, 0.3) is 0 Å². The second-order valence-electron chi connectivity index (χ2n) is 15.5. The van der Waals surface area contributed by atoms with E-state index in [0.717, 1.165) is 96.3 Å². The zero-order valence-electron chi connectivity index (χ0n) is 38.3. The van der Waals surface area contributed by atoms with E-state index in [-0.39, 0.29) is 53.7 Å². The second-order valence-corrected chi connectivity index (χ2v) is 20.6. The number of carboxylic acid groups (broad SMARTS) is 2. The molecule has 18 heteroatoms. The van der Waals surface area contributed by atoms with Crippen molar-refractivity contribution < 1.29 is 58.0 Å². The number of Topliss-reactive ketones (excluding diaryl/α,β-unsaturated/α-hetero) is 4. The van der Waals surface area contributed by atoms with Crippen molar-refractivity contribution in [1.29, 1.82) is 0 Å². The SMILES string of the molecule is CNC(CSSCC(CC(=O)CCCCCCCCCCC(C)=O)C(=O)O)C(=O)O.CNC(CSSCC(CC(=O)CCCCCCCCCCC(C)=O)C(=O)OC)C(=O)OC. The van der Waals surface area contributed by atoms with Gasteiger partial charge in [0.15, 0.2) is 0 Å². The molecule has 0 spiro atoms. The molecule has 0 radical (unpaired) electrons. The number of rotatable bonds is 42. The highest BCUT2D eigenvalue weighted by atomic mass is 33.1. The third-order valence-corrected chi connectivity index (χ3v) is 14.9. The van der Waals surface area contributed by atoms with Crippen LogP contribution >= 0.6 is 43.2 Å². The highest BCUT2D eigenvalue weighted by molar-refractivity contribution is 8.77. The molecule has 4 unspecified atom stereocenters. The number of nitrogens with one attached hydrogen (secondary N) is 2. The quantitative estimate of drug-likeness (QED) is 0.0256. The molecule has 4 N–H and O–H groups in total. The first-order valence-electron chi connectivity index (χ1n) is 22.1. The molecule has 14 nitrogen and oxygen atoms in total. The molecule has 0 saturated heterocycles. The van der Waals surface area contributed by atoms with E-state index in [2.05, 4.69) is 10.6 Å². The van der Waals surface area contributed by atoms with Crippen molar-refractivity contribution in [2.45, 2.75) is 167 Å². The van der Waals surface area contributed by atoms with Gasteiger partial charge in [-0.1, -0.05) is 120 Å². The van der Waals surface area contributed by atoms with Crippen molar-refractivity contribution in [2.24, 2.45) is 11.8 Å². The molecule has 0 aromatic heterocycles. The summed E-state index contributed by atoms with van der Waals surface area (Å²) in [5.74, 6) is -1.64. The standard InChI is InChI=1S/C23H41NO6S2.C21H37NO6S2/c1-18(25)13-11-9-7-5-6-8-10-12-14-20(26)15-19(22(27)29-3)16-31-32-17-21(24-2)23(28)30-4;1-16(23)11-9-7-5-3-4-6-8-10-12-18(24)13-17(20(25)26)14-29-30-15-19(22-2)21(27)28/h19,21,24H,5-17H2,1-4H3;17,19,22H,3-15H2,1-2H3,(H,25,26)(H,27,28). The van der Waals surface area contributed by atoms with Crippen LogP contribution in [0.3, 0.4) is 0 Å². The van der Waals surface area contributed by atoms with Crippen molar-refractivity contribution in [1.82, 2.24) is 10.6 Å². The first-order chi connectivity index (χ1) is 29.6. The number of esters is 2. The summed E-state index contributed by atoms with van der Waals surface area (Å²) in [5.41, 5.74) is 0. The zero-order chi connectivity index (χ0) is 47.0. The third-order valence-electron chi connectivity index (χ3n) is 9.96. The van der Waals surface area contributed by atoms with Gasteiger partial charge in [-0.25, -0.2) is 0 Å². The van der Waals surface area contributed by atoms with Crippen LogP contribution < -0.4 is 10.6 Å². The van der Waals surface area contributed by atoms with E-state index in [1.54, 1.807) is 27.9 Å². The van der Waals surface area contributed by atoms with Gasteiger partial charge in [-0.15, -0.1) is 0 Å². The molecule has 62 heavy (non-hydrogen) atoms. The fourth-order valence-electron chi connectivity index (χ4n) is 6.04. The predicted molar refractivity (Wildman–Crippen MR) is 255 cm³/mol. The lowest BCUT2D eigenvalue weighted by atomic mass is 10.00. The van der Waals surface area contributed by atoms with E-state index < -0.39 is 35.9 Å². The number of carbonyl (C=O) groups excluding carboxylic acids is 6. The van der Waals surface area contributed by atoms with Crippen LogP contribution in [0.5, 0.6) is 0 Å². The number of aliphatic carboxylic acids is 2. The molecule has 0 aromatic rings. The van der Waals surface area contributed by atoms with E-state index in [0.29, 0.717) is 42.9 Å². The lowest BCUT2D eigenvalue weighted by Crippen LogP contribution is -2.37. The number of hydrogen-bond acceptors (Lipinski definition) is 16. The van der Waals surface area contributed by atoms with Crippen molar-refractivity contribution in [2.75, 3.05) is 51.3 Å². The minimum atomic E-state index is -0.982. The molecule has 0 bridgehead atoms. The van der Waals surface area contributed by atoms with E-state index in [1.807, 2.05) is 0 Å². The van der Waals surface area contributed by atoms with Crippen LogP contribution in [0, 0.1) is 11.8 Å². The Balaban J connectivity index is 0. The average molecular weight is 955 g/mol. The van der Waals surface area contributed by atoms with E-state index >= 15 is 0 Å². The van der Waals surface area contributed by atoms with Crippen molar-refractivity contribution in [3.8, 4) is 0 Å². The van der Waals surface area contributed by atoms with E-state index in [4.69, 9.17) is 14.6 Å². The Morgan fingerprint density at radius 2 is 0.758 bits per heavy atom. The van der Waals surface area contributed by atoms with Crippen LogP contribution in [0.15, 0.2) is 0 Å². The van der Waals surface area contributed by atoms with Gasteiger partial charge in [0.2, 0.25) is 0 Å². The number of likely N-dealkylation sites (N-methyl/N-ethyl adjacent to an activating group) is 2. The van der Waals surface area contributed by atoms with E-state index in [1.165, 1.54) is 63.8 Å². The number of carboxylic acids is 2. The number of hydrogen-bond donors (Lipinski definition) is 4. The lowest BCUT2D eigenvalue weighted by Gasteiger charge is -2.15. The minimum absolute atomic E-state index is 0.0177. The highest BCUT2D eigenvalue weighted by Crippen LogP contribution is 2.28. The Labute approximate surface area is 387 Å². The number of unbranched alkanes of at least 4 members (excludes halogenated alkanes) is 14. The molecular weight excluding hydrogens is 877 g/mol. The smallest absolute Gasteiger partial charge is 0.323 e.